The van der Waals surface area contributed by atoms with Gasteiger partial charge in [-0.05, 0) is 42.8 Å². The number of aromatic amines is 1. The smallest absolute Gasteiger partial charge is 0.223 e. The first-order chi connectivity index (χ1) is 18.9. The molecule has 3 heterocycles. The number of benzene rings is 2. The Morgan fingerprint density at radius 3 is 2.54 bits per heavy atom. The van der Waals surface area contributed by atoms with Gasteiger partial charge in [0, 0.05) is 31.1 Å². The highest BCUT2D eigenvalue weighted by Gasteiger charge is 2.25. The Balaban J connectivity index is 1.36. The molecule has 5 rings (SSSR count). The monoisotopic (exact) mass is 530 g/mol. The lowest BCUT2D eigenvalue weighted by molar-refractivity contribution is -0.198. The van der Waals surface area contributed by atoms with E-state index in [-0.39, 0.29) is 23.7 Å². The van der Waals surface area contributed by atoms with E-state index in [1.54, 1.807) is 18.3 Å². The van der Waals surface area contributed by atoms with E-state index in [1.807, 2.05) is 36.4 Å². The van der Waals surface area contributed by atoms with E-state index >= 15 is 0 Å². The van der Waals surface area contributed by atoms with Crippen molar-refractivity contribution in [3.63, 3.8) is 0 Å². The van der Waals surface area contributed by atoms with Crippen molar-refractivity contribution in [2.75, 3.05) is 25.1 Å². The summed E-state index contributed by atoms with van der Waals surface area (Å²) in [6.07, 6.45) is 1.61. The fourth-order valence-corrected chi connectivity index (χ4v) is 4.37. The first-order valence-electron chi connectivity index (χ1n) is 12.9. The second-order valence-corrected chi connectivity index (χ2v) is 9.56. The molecule has 10 heteroatoms. The fraction of sp³-hybridized carbons (Fsp3) is 0.310. The van der Waals surface area contributed by atoms with Crippen LogP contribution in [0.15, 0.2) is 66.9 Å². The van der Waals surface area contributed by atoms with Gasteiger partial charge in [-0.2, -0.15) is 0 Å². The number of amides is 1. The van der Waals surface area contributed by atoms with E-state index < -0.39 is 6.29 Å². The van der Waals surface area contributed by atoms with E-state index in [9.17, 15) is 9.18 Å². The molecule has 1 unspecified atom stereocenters. The molecule has 0 saturated carbocycles. The van der Waals surface area contributed by atoms with E-state index in [1.165, 1.54) is 19.1 Å². The summed E-state index contributed by atoms with van der Waals surface area (Å²) in [5.74, 6) is 0.829. The van der Waals surface area contributed by atoms with Crippen LogP contribution < -0.4 is 10.6 Å². The van der Waals surface area contributed by atoms with Gasteiger partial charge in [0.15, 0.2) is 6.29 Å². The molecule has 0 radical (unpaired) electrons. The second-order valence-electron chi connectivity index (χ2n) is 9.56. The second kappa shape index (κ2) is 12.1. The summed E-state index contributed by atoms with van der Waals surface area (Å²) in [6, 6.07) is 18.1. The van der Waals surface area contributed by atoms with Crippen LogP contribution in [-0.4, -0.2) is 51.9 Å². The molecule has 1 aliphatic heterocycles. The zero-order chi connectivity index (χ0) is 27.2. The number of rotatable bonds is 9. The zero-order valence-electron chi connectivity index (χ0n) is 21.9. The average molecular weight is 531 g/mol. The summed E-state index contributed by atoms with van der Waals surface area (Å²) >= 11 is 0. The number of ether oxygens (including phenoxy) is 2. The molecule has 202 valence electrons. The molecule has 1 aliphatic rings. The van der Waals surface area contributed by atoms with Crippen LogP contribution >= 0.6 is 0 Å². The number of H-pyrrole nitrogens is 1. The largest absolute Gasteiger partial charge is 0.356 e. The predicted octanol–water partition coefficient (Wildman–Crippen LogP) is 4.51. The van der Waals surface area contributed by atoms with Gasteiger partial charge >= 0.3 is 0 Å². The maximum atomic E-state index is 13.7. The number of carbonyl (C=O) groups excluding carboxylic acids is 1. The van der Waals surface area contributed by atoms with Gasteiger partial charge in [-0.3, -0.25) is 4.79 Å². The Morgan fingerprint density at radius 1 is 1.08 bits per heavy atom. The van der Waals surface area contributed by atoms with Crippen LogP contribution in [0.1, 0.15) is 31.3 Å². The highest BCUT2D eigenvalue weighted by Crippen LogP contribution is 2.31. The zero-order valence-corrected chi connectivity index (χ0v) is 21.9. The first-order valence-corrected chi connectivity index (χ1v) is 12.9. The van der Waals surface area contributed by atoms with E-state index in [4.69, 9.17) is 19.4 Å². The van der Waals surface area contributed by atoms with Gasteiger partial charge < -0.3 is 25.1 Å². The average Bonchev–Trinajstić information content (AvgIpc) is 3.37. The summed E-state index contributed by atoms with van der Waals surface area (Å²) in [6.45, 7) is 5.00. The number of anilines is 1. The molecule has 0 bridgehead atoms. The maximum Gasteiger partial charge on any atom is 0.223 e. The molecule has 3 N–H and O–H groups in total. The van der Waals surface area contributed by atoms with Crippen molar-refractivity contribution in [3.8, 4) is 22.6 Å². The molecule has 0 aliphatic carbocycles. The van der Waals surface area contributed by atoms with Gasteiger partial charge in [0.05, 0.1) is 42.8 Å². The minimum Gasteiger partial charge on any atom is -0.356 e. The van der Waals surface area contributed by atoms with Crippen LogP contribution in [0.5, 0.6) is 0 Å². The van der Waals surface area contributed by atoms with Crippen molar-refractivity contribution in [1.82, 2.24) is 25.3 Å². The number of nitrogens with zero attached hydrogens (tertiary/aromatic N) is 3. The lowest BCUT2D eigenvalue weighted by atomic mass is 10.1. The van der Waals surface area contributed by atoms with E-state index in [0.717, 1.165) is 11.1 Å². The fourth-order valence-electron chi connectivity index (χ4n) is 4.37. The van der Waals surface area contributed by atoms with Crippen LogP contribution in [-0.2, 0) is 20.7 Å². The molecule has 1 atom stereocenters. The molecule has 1 fully saturated rings. The topological polar surface area (TPSA) is 114 Å². The third-order valence-corrected chi connectivity index (χ3v) is 6.46. The van der Waals surface area contributed by atoms with Crippen molar-refractivity contribution in [3.05, 3.63) is 84.1 Å². The van der Waals surface area contributed by atoms with Gasteiger partial charge in [0.25, 0.3) is 0 Å². The molecule has 2 aromatic heterocycles. The van der Waals surface area contributed by atoms with Gasteiger partial charge in [0.1, 0.15) is 11.6 Å². The van der Waals surface area contributed by atoms with Gasteiger partial charge in [-0.15, -0.1) is 0 Å². The summed E-state index contributed by atoms with van der Waals surface area (Å²) in [5, 5.41) is 6.15. The summed E-state index contributed by atoms with van der Waals surface area (Å²) in [7, 11) is 0. The van der Waals surface area contributed by atoms with Gasteiger partial charge in [-0.1, -0.05) is 30.3 Å². The first kappa shape index (κ1) is 26.5. The van der Waals surface area contributed by atoms with Crippen LogP contribution in [0.4, 0.5) is 10.3 Å². The normalized spacial score (nSPS) is 17.9. The van der Waals surface area contributed by atoms with Crippen LogP contribution in [0.25, 0.3) is 22.6 Å². The molecule has 9 nitrogen and oxygen atoms in total. The van der Waals surface area contributed by atoms with Crippen molar-refractivity contribution in [2.24, 2.45) is 5.92 Å². The Bertz CT molecular complexity index is 1390. The van der Waals surface area contributed by atoms with E-state index in [2.05, 4.69) is 27.5 Å². The highest BCUT2D eigenvalue weighted by molar-refractivity contribution is 5.77. The SMILES string of the molecule is CC(=O)NCC1COC(Cc2nc(-c3ccc(F)cc3)c(-c3ccnc(NC(C)c4ccccc4)n3)[nH]2)OC1. The standard InChI is InChI=1S/C29H31FN6O3/c1-18(21-6-4-3-5-7-21)33-29-31-13-12-24(34-29)28-27(22-8-10-23(30)11-9-22)35-25(36-28)14-26-38-16-20(17-39-26)15-32-19(2)37/h3-13,18,20,26H,14-17H2,1-2H3,(H,32,37)(H,35,36)(H,31,33,34). The number of nitrogens with one attached hydrogen (secondary N) is 3. The Labute approximate surface area is 226 Å². The molecule has 4 aromatic rings. The number of hydrogen-bond acceptors (Lipinski definition) is 7. The van der Waals surface area contributed by atoms with Gasteiger partial charge in [0.2, 0.25) is 11.9 Å². The van der Waals surface area contributed by atoms with Crippen molar-refractivity contribution < 1.29 is 18.7 Å². The molecule has 2 aromatic carbocycles. The minimum absolute atomic E-state index is 0.00502. The lowest BCUT2D eigenvalue weighted by Crippen LogP contribution is -2.39. The lowest BCUT2D eigenvalue weighted by Gasteiger charge is -2.29. The van der Waals surface area contributed by atoms with E-state index in [0.29, 0.717) is 55.0 Å². The number of halogens is 1. The Hall–Kier alpha value is -4.15. The predicted molar refractivity (Wildman–Crippen MR) is 145 cm³/mol. The number of carbonyl (C=O) groups is 1. The molecular formula is C29H31FN6O3. The molecular weight excluding hydrogens is 499 g/mol. The molecule has 39 heavy (non-hydrogen) atoms. The summed E-state index contributed by atoms with van der Waals surface area (Å²) < 4.78 is 25.5. The van der Waals surface area contributed by atoms with Crippen LogP contribution in [0.2, 0.25) is 0 Å². The quantitative estimate of drug-likeness (QED) is 0.292. The van der Waals surface area contributed by atoms with Crippen molar-refractivity contribution >= 4 is 11.9 Å². The van der Waals surface area contributed by atoms with Crippen molar-refractivity contribution in [1.29, 1.82) is 0 Å². The Kier molecular flexibility index (Phi) is 8.24. The number of aromatic nitrogens is 4. The van der Waals surface area contributed by atoms with Crippen LogP contribution in [0, 0.1) is 11.7 Å². The Morgan fingerprint density at radius 2 is 1.82 bits per heavy atom. The summed E-state index contributed by atoms with van der Waals surface area (Å²) in [4.78, 5) is 28.5. The number of imidazole rings is 1. The maximum absolute atomic E-state index is 13.7. The van der Waals surface area contributed by atoms with Crippen molar-refractivity contribution in [2.45, 2.75) is 32.6 Å². The summed E-state index contributed by atoms with van der Waals surface area (Å²) in [5.41, 5.74) is 3.85. The molecule has 1 saturated heterocycles. The molecule has 1 amide bonds. The number of hydrogen-bond donors (Lipinski definition) is 3. The van der Waals surface area contributed by atoms with Gasteiger partial charge in [-0.25, -0.2) is 19.3 Å². The minimum atomic E-state index is -0.479. The van der Waals surface area contributed by atoms with Crippen LogP contribution in [0.3, 0.4) is 0 Å². The highest BCUT2D eigenvalue weighted by atomic mass is 19.1. The third kappa shape index (κ3) is 6.84. The third-order valence-electron chi connectivity index (χ3n) is 6.46. The molecule has 0 spiro atoms.